The fourth-order valence-corrected chi connectivity index (χ4v) is 5.15. The first kappa shape index (κ1) is 29.3. The van der Waals surface area contributed by atoms with E-state index >= 15 is 0 Å². The molecule has 214 valence electrons. The molecular weight excluding hydrogens is 524 g/mol. The van der Waals surface area contributed by atoms with Gasteiger partial charge in [0.1, 0.15) is 22.7 Å². The molecule has 2 unspecified atom stereocenters. The summed E-state index contributed by atoms with van der Waals surface area (Å²) < 4.78 is 0. The predicted molar refractivity (Wildman–Crippen MR) is 152 cm³/mol. The summed E-state index contributed by atoms with van der Waals surface area (Å²) in [5.41, 5.74) is 0.475. The number of hydrazone groups is 1. The Kier molecular flexibility index (Phi) is 8.42. The number of nitrogens with zero attached hydrogens (tertiary/aromatic N) is 4. The standard InChI is InChI=1S/C30H34N6O5/c1-20-10-8-13-22(31-20)14-9-15-23(32-26(38)29(2,3)33-28(40)41)25(37)36-17-16-24-30(19-36,27(39)35(4)34-24)18-21-11-6-5-7-12-21/h5-8,10-13,23,33H,15-19H2,1-4H3,(H,32,38)(H,40,41). The molecule has 11 nitrogen and oxygen atoms in total. The van der Waals surface area contributed by atoms with Crippen LogP contribution in [-0.2, 0) is 20.8 Å². The summed E-state index contributed by atoms with van der Waals surface area (Å²) in [6, 6.07) is 13.9. The number of nitrogens with one attached hydrogen (secondary N) is 2. The zero-order valence-electron chi connectivity index (χ0n) is 23.6. The van der Waals surface area contributed by atoms with Crippen molar-refractivity contribution in [1.29, 1.82) is 0 Å². The number of amides is 4. The van der Waals surface area contributed by atoms with Gasteiger partial charge in [0.05, 0.1) is 5.71 Å². The molecule has 0 radical (unpaired) electrons. The van der Waals surface area contributed by atoms with Crippen LogP contribution < -0.4 is 10.6 Å². The molecule has 1 fully saturated rings. The van der Waals surface area contributed by atoms with E-state index in [1.165, 1.54) is 18.9 Å². The monoisotopic (exact) mass is 558 g/mol. The summed E-state index contributed by atoms with van der Waals surface area (Å²) in [5, 5.41) is 19.9. The Hall–Kier alpha value is -4.72. The van der Waals surface area contributed by atoms with Crippen LogP contribution in [0.15, 0.2) is 53.6 Å². The zero-order valence-corrected chi connectivity index (χ0v) is 23.6. The molecule has 2 aliphatic heterocycles. The smallest absolute Gasteiger partial charge is 0.405 e. The molecule has 0 aliphatic carbocycles. The second-order valence-corrected chi connectivity index (χ2v) is 10.9. The number of hydrogen-bond donors (Lipinski definition) is 3. The number of carbonyl (C=O) groups excluding carboxylic acids is 3. The first-order valence-electron chi connectivity index (χ1n) is 13.3. The van der Waals surface area contributed by atoms with E-state index < -0.39 is 34.9 Å². The molecule has 0 saturated carbocycles. The maximum absolute atomic E-state index is 14.0. The Morgan fingerprint density at radius 3 is 2.56 bits per heavy atom. The molecular formula is C30H34N6O5. The molecule has 0 bridgehead atoms. The van der Waals surface area contributed by atoms with Crippen molar-refractivity contribution in [2.75, 3.05) is 20.1 Å². The third-order valence-electron chi connectivity index (χ3n) is 7.27. The van der Waals surface area contributed by atoms with Gasteiger partial charge in [-0.15, -0.1) is 0 Å². The van der Waals surface area contributed by atoms with Gasteiger partial charge in [-0.2, -0.15) is 5.10 Å². The lowest BCUT2D eigenvalue weighted by Gasteiger charge is -2.40. The Morgan fingerprint density at radius 2 is 1.88 bits per heavy atom. The number of hydrogen-bond acceptors (Lipinski definition) is 6. The first-order chi connectivity index (χ1) is 19.4. The van der Waals surface area contributed by atoms with Gasteiger partial charge in [-0.25, -0.2) is 14.8 Å². The quantitative estimate of drug-likeness (QED) is 0.443. The molecule has 2 aliphatic rings. The Morgan fingerprint density at radius 1 is 1.15 bits per heavy atom. The number of aryl methyl sites for hydroxylation is 1. The van der Waals surface area contributed by atoms with Crippen molar-refractivity contribution < 1.29 is 24.3 Å². The van der Waals surface area contributed by atoms with Crippen molar-refractivity contribution in [3.8, 4) is 11.8 Å². The van der Waals surface area contributed by atoms with Gasteiger partial charge in [-0.1, -0.05) is 42.3 Å². The van der Waals surface area contributed by atoms with Gasteiger partial charge in [0.15, 0.2) is 0 Å². The third-order valence-corrected chi connectivity index (χ3v) is 7.27. The highest BCUT2D eigenvalue weighted by Crippen LogP contribution is 2.38. The summed E-state index contributed by atoms with van der Waals surface area (Å²) in [6.07, 6.45) is -0.626. The second-order valence-electron chi connectivity index (χ2n) is 10.9. The number of fused-ring (bicyclic) bond motifs is 1. The molecule has 1 aromatic carbocycles. The van der Waals surface area contributed by atoms with Crippen LogP contribution in [0.4, 0.5) is 4.79 Å². The number of carbonyl (C=O) groups is 4. The number of likely N-dealkylation sites (tertiary alicyclic amines) is 1. The van der Waals surface area contributed by atoms with E-state index in [0.717, 1.165) is 17.0 Å². The maximum Gasteiger partial charge on any atom is 0.405 e. The van der Waals surface area contributed by atoms with Crippen LogP contribution in [-0.4, -0.2) is 81.2 Å². The van der Waals surface area contributed by atoms with E-state index in [-0.39, 0.29) is 18.9 Å². The number of pyridine rings is 1. The topological polar surface area (TPSA) is 144 Å². The molecule has 3 heterocycles. The Bertz CT molecular complexity index is 1440. The minimum absolute atomic E-state index is 0.0413. The second kappa shape index (κ2) is 11.8. The molecule has 11 heteroatoms. The molecule has 0 spiro atoms. The van der Waals surface area contributed by atoms with Crippen LogP contribution in [0.2, 0.25) is 0 Å². The van der Waals surface area contributed by atoms with Gasteiger partial charge < -0.3 is 20.6 Å². The van der Waals surface area contributed by atoms with Crippen molar-refractivity contribution in [1.82, 2.24) is 25.5 Å². The normalized spacial score (nSPS) is 18.9. The Labute approximate surface area is 239 Å². The summed E-state index contributed by atoms with van der Waals surface area (Å²) >= 11 is 0. The van der Waals surface area contributed by atoms with Crippen LogP contribution >= 0.6 is 0 Å². The van der Waals surface area contributed by atoms with Crippen LogP contribution in [0.3, 0.4) is 0 Å². The van der Waals surface area contributed by atoms with Crippen LogP contribution in [0.5, 0.6) is 0 Å². The van der Waals surface area contributed by atoms with Gasteiger partial charge in [0.2, 0.25) is 11.8 Å². The number of benzene rings is 1. The van der Waals surface area contributed by atoms with Crippen LogP contribution in [0, 0.1) is 24.2 Å². The highest BCUT2D eigenvalue weighted by molar-refractivity contribution is 6.13. The average molecular weight is 559 g/mol. The van der Waals surface area contributed by atoms with Crippen molar-refractivity contribution in [2.24, 2.45) is 10.5 Å². The van der Waals surface area contributed by atoms with Crippen molar-refractivity contribution in [3.63, 3.8) is 0 Å². The maximum atomic E-state index is 14.0. The van der Waals surface area contributed by atoms with Crippen molar-refractivity contribution in [2.45, 2.75) is 51.6 Å². The van der Waals surface area contributed by atoms with Gasteiger partial charge in [0, 0.05) is 38.7 Å². The lowest BCUT2D eigenvalue weighted by atomic mass is 9.73. The van der Waals surface area contributed by atoms with Crippen LogP contribution in [0.25, 0.3) is 0 Å². The summed E-state index contributed by atoms with van der Waals surface area (Å²) in [6.45, 7) is 5.07. The van der Waals surface area contributed by atoms with E-state index in [9.17, 15) is 24.3 Å². The molecule has 2 atom stereocenters. The van der Waals surface area contributed by atoms with Gasteiger partial charge in [-0.05, 0) is 50.8 Å². The zero-order chi connectivity index (χ0) is 29.8. The number of carboxylic acid groups (broad SMARTS) is 1. The van der Waals surface area contributed by atoms with E-state index in [0.29, 0.717) is 25.1 Å². The van der Waals surface area contributed by atoms with Crippen molar-refractivity contribution >= 4 is 29.5 Å². The summed E-state index contributed by atoms with van der Waals surface area (Å²) in [5.74, 6) is 4.61. The van der Waals surface area contributed by atoms with Gasteiger partial charge >= 0.3 is 6.09 Å². The predicted octanol–water partition coefficient (Wildman–Crippen LogP) is 1.95. The van der Waals surface area contributed by atoms with Gasteiger partial charge in [0.25, 0.3) is 5.91 Å². The van der Waals surface area contributed by atoms with E-state index in [2.05, 4.69) is 32.6 Å². The third kappa shape index (κ3) is 6.54. The van der Waals surface area contributed by atoms with Crippen LogP contribution in [0.1, 0.15) is 43.6 Å². The highest BCUT2D eigenvalue weighted by atomic mass is 16.4. The lowest BCUT2D eigenvalue weighted by molar-refractivity contribution is -0.142. The molecule has 4 amide bonds. The van der Waals surface area contributed by atoms with Crippen molar-refractivity contribution in [3.05, 3.63) is 65.5 Å². The fraction of sp³-hybridized carbons (Fsp3) is 0.400. The number of rotatable bonds is 7. The number of piperidine rings is 1. The fourth-order valence-electron chi connectivity index (χ4n) is 5.15. The minimum atomic E-state index is -1.50. The SMILES string of the molecule is Cc1cccc(C#CCC(NC(=O)C(C)(C)NC(=O)O)C(=O)N2CCC3=NN(C)C(=O)C3(Cc3ccccc3)C2)n1. The molecule has 2 aromatic rings. The minimum Gasteiger partial charge on any atom is -0.465 e. The van der Waals surface area contributed by atoms with E-state index in [4.69, 9.17) is 0 Å². The largest absolute Gasteiger partial charge is 0.465 e. The lowest BCUT2D eigenvalue weighted by Crippen LogP contribution is -2.61. The molecule has 41 heavy (non-hydrogen) atoms. The Balaban J connectivity index is 1.61. The molecule has 1 aromatic heterocycles. The first-order valence-corrected chi connectivity index (χ1v) is 13.3. The summed E-state index contributed by atoms with van der Waals surface area (Å²) in [7, 11) is 1.61. The summed E-state index contributed by atoms with van der Waals surface area (Å²) in [4.78, 5) is 57.7. The van der Waals surface area contributed by atoms with Gasteiger partial charge in [-0.3, -0.25) is 14.4 Å². The molecule has 4 rings (SSSR count). The molecule has 3 N–H and O–H groups in total. The van der Waals surface area contributed by atoms with E-state index in [1.54, 1.807) is 18.0 Å². The van der Waals surface area contributed by atoms with E-state index in [1.807, 2.05) is 49.4 Å². The number of aromatic nitrogens is 1. The highest BCUT2D eigenvalue weighted by Gasteiger charge is 2.54. The average Bonchev–Trinajstić information content (AvgIpc) is 3.16. The molecule has 1 saturated heterocycles.